The molecule has 9 heteroatoms. The lowest BCUT2D eigenvalue weighted by atomic mass is 10.1. The summed E-state index contributed by atoms with van der Waals surface area (Å²) in [6.07, 6.45) is 1.95. The van der Waals surface area contributed by atoms with Crippen LogP contribution in [0.15, 0.2) is 71.7 Å². The van der Waals surface area contributed by atoms with Crippen LogP contribution in [0.3, 0.4) is 0 Å². The summed E-state index contributed by atoms with van der Waals surface area (Å²) < 4.78 is 9.27. The quantitative estimate of drug-likeness (QED) is 0.276. The van der Waals surface area contributed by atoms with Gasteiger partial charge >= 0.3 is 0 Å². The van der Waals surface area contributed by atoms with Gasteiger partial charge in [-0.1, -0.05) is 53.5 Å². The Morgan fingerprint density at radius 1 is 1.00 bits per heavy atom. The number of benzene rings is 3. The van der Waals surface area contributed by atoms with E-state index in [9.17, 15) is 4.79 Å². The first-order chi connectivity index (χ1) is 18.0. The van der Waals surface area contributed by atoms with Crippen molar-refractivity contribution in [3.8, 4) is 17.3 Å². The SMILES string of the molecule is N#Cc1ccc(Cn2cc(-c3nc4cc(Cl)c(Cl)cc4n(CCOCCN)c3=O)c3ccccc32)cc1. The third-order valence-corrected chi connectivity index (χ3v) is 6.91. The highest BCUT2D eigenvalue weighted by Gasteiger charge is 2.19. The summed E-state index contributed by atoms with van der Waals surface area (Å²) in [6, 6.07) is 20.8. The van der Waals surface area contributed by atoms with Crippen molar-refractivity contribution in [2.75, 3.05) is 19.8 Å². The molecule has 37 heavy (non-hydrogen) atoms. The molecule has 5 rings (SSSR count). The van der Waals surface area contributed by atoms with Crippen molar-refractivity contribution in [1.29, 1.82) is 5.26 Å². The van der Waals surface area contributed by atoms with Crippen LogP contribution in [0.2, 0.25) is 10.0 Å². The van der Waals surface area contributed by atoms with Gasteiger partial charge in [0.1, 0.15) is 5.69 Å². The summed E-state index contributed by atoms with van der Waals surface area (Å²) in [5, 5.41) is 10.7. The molecule has 7 nitrogen and oxygen atoms in total. The highest BCUT2D eigenvalue weighted by molar-refractivity contribution is 6.42. The van der Waals surface area contributed by atoms with E-state index >= 15 is 0 Å². The molecule has 0 aliphatic carbocycles. The molecular weight excluding hydrogens is 509 g/mol. The van der Waals surface area contributed by atoms with Gasteiger partial charge in [-0.2, -0.15) is 5.26 Å². The van der Waals surface area contributed by atoms with Gasteiger partial charge in [0, 0.05) is 42.3 Å². The van der Waals surface area contributed by atoms with E-state index in [4.69, 9.17) is 43.9 Å². The van der Waals surface area contributed by atoms with Gasteiger partial charge in [0.25, 0.3) is 5.56 Å². The molecule has 0 unspecified atom stereocenters. The molecule has 0 aliphatic heterocycles. The number of nitrogens with zero attached hydrogens (tertiary/aromatic N) is 4. The first kappa shape index (κ1) is 25.0. The van der Waals surface area contributed by atoms with Crippen LogP contribution in [-0.4, -0.2) is 33.9 Å². The minimum atomic E-state index is -0.247. The van der Waals surface area contributed by atoms with E-state index in [-0.39, 0.29) is 5.56 Å². The molecule has 0 aliphatic rings. The van der Waals surface area contributed by atoms with Crippen LogP contribution in [0.4, 0.5) is 0 Å². The van der Waals surface area contributed by atoms with Gasteiger partial charge in [0.15, 0.2) is 0 Å². The fraction of sp³-hybridized carbons (Fsp3) is 0.179. The molecule has 5 aromatic rings. The van der Waals surface area contributed by atoms with Crippen LogP contribution in [0.25, 0.3) is 33.2 Å². The maximum atomic E-state index is 13.8. The standard InChI is InChI=1S/C28H23Cl2N5O2/c29-22-13-24-26(14-23(22)30)35(10-12-37-11-9-31)28(36)27(33-24)21-17-34(25-4-2-1-3-20(21)25)16-19-7-5-18(15-32)6-8-19/h1-8,13-14,17H,9-12,16,31H2. The van der Waals surface area contributed by atoms with Crippen LogP contribution in [0.1, 0.15) is 11.1 Å². The maximum absolute atomic E-state index is 13.8. The molecule has 3 aromatic carbocycles. The van der Waals surface area contributed by atoms with Crippen LogP contribution in [-0.2, 0) is 17.8 Å². The molecular formula is C28H23Cl2N5O2. The van der Waals surface area contributed by atoms with E-state index in [0.29, 0.717) is 65.2 Å². The second-order valence-electron chi connectivity index (χ2n) is 8.57. The number of halogens is 2. The number of aromatic nitrogens is 3. The van der Waals surface area contributed by atoms with Crippen molar-refractivity contribution in [1.82, 2.24) is 14.1 Å². The van der Waals surface area contributed by atoms with E-state index < -0.39 is 0 Å². The van der Waals surface area contributed by atoms with Gasteiger partial charge in [-0.25, -0.2) is 4.98 Å². The van der Waals surface area contributed by atoms with E-state index in [1.54, 1.807) is 28.8 Å². The van der Waals surface area contributed by atoms with Gasteiger partial charge in [-0.05, 0) is 35.9 Å². The normalized spacial score (nSPS) is 11.3. The number of fused-ring (bicyclic) bond motifs is 2. The lowest BCUT2D eigenvalue weighted by molar-refractivity contribution is 0.133. The average Bonchev–Trinajstić information content (AvgIpc) is 3.27. The largest absolute Gasteiger partial charge is 0.378 e. The number of rotatable bonds is 8. The predicted molar refractivity (Wildman–Crippen MR) is 147 cm³/mol. The summed E-state index contributed by atoms with van der Waals surface area (Å²) in [7, 11) is 0. The molecule has 2 aromatic heterocycles. The molecule has 2 heterocycles. The van der Waals surface area contributed by atoms with Crippen LogP contribution >= 0.6 is 23.2 Å². The van der Waals surface area contributed by atoms with Crippen LogP contribution in [0, 0.1) is 11.3 Å². The van der Waals surface area contributed by atoms with Crippen LogP contribution < -0.4 is 11.3 Å². The van der Waals surface area contributed by atoms with Gasteiger partial charge in [0.05, 0.1) is 45.9 Å². The predicted octanol–water partition coefficient (Wildman–Crippen LogP) is 5.22. The number of hydrogen-bond acceptors (Lipinski definition) is 5. The summed E-state index contributed by atoms with van der Waals surface area (Å²) in [5.41, 5.74) is 10.1. The maximum Gasteiger partial charge on any atom is 0.277 e. The van der Waals surface area contributed by atoms with Crippen molar-refractivity contribution in [2.24, 2.45) is 5.73 Å². The lowest BCUT2D eigenvalue weighted by Crippen LogP contribution is -2.26. The molecule has 0 atom stereocenters. The van der Waals surface area contributed by atoms with E-state index in [2.05, 4.69) is 10.6 Å². The topological polar surface area (TPSA) is 98.9 Å². The Labute approximate surface area is 223 Å². The molecule has 0 saturated carbocycles. The summed E-state index contributed by atoms with van der Waals surface area (Å²) in [5.74, 6) is 0. The second-order valence-corrected chi connectivity index (χ2v) is 9.38. The Bertz CT molecular complexity index is 1700. The zero-order valence-electron chi connectivity index (χ0n) is 19.8. The van der Waals surface area contributed by atoms with Gasteiger partial charge in [-0.15, -0.1) is 0 Å². The first-order valence-corrected chi connectivity index (χ1v) is 12.5. The molecule has 0 fully saturated rings. The van der Waals surface area contributed by atoms with E-state index in [1.807, 2.05) is 42.6 Å². The fourth-order valence-corrected chi connectivity index (χ4v) is 4.74. The molecule has 2 N–H and O–H groups in total. The Morgan fingerprint density at radius 2 is 1.76 bits per heavy atom. The second kappa shape index (κ2) is 10.8. The van der Waals surface area contributed by atoms with Gasteiger partial charge in [0.2, 0.25) is 0 Å². The van der Waals surface area contributed by atoms with E-state index in [1.165, 1.54) is 0 Å². The molecule has 0 bridgehead atoms. The number of ether oxygens (including phenoxy) is 1. The zero-order chi connectivity index (χ0) is 25.9. The van der Waals surface area contributed by atoms with E-state index in [0.717, 1.165) is 22.0 Å². The highest BCUT2D eigenvalue weighted by atomic mass is 35.5. The van der Waals surface area contributed by atoms with Crippen LogP contribution in [0.5, 0.6) is 0 Å². The molecule has 0 radical (unpaired) electrons. The minimum absolute atomic E-state index is 0.247. The highest BCUT2D eigenvalue weighted by Crippen LogP contribution is 2.31. The number of para-hydroxylation sites is 1. The Balaban J connectivity index is 1.66. The van der Waals surface area contributed by atoms with Crippen molar-refractivity contribution in [3.63, 3.8) is 0 Å². The zero-order valence-corrected chi connectivity index (χ0v) is 21.3. The summed E-state index contributed by atoms with van der Waals surface area (Å²) in [6.45, 7) is 2.00. The fourth-order valence-electron chi connectivity index (χ4n) is 4.42. The minimum Gasteiger partial charge on any atom is -0.378 e. The van der Waals surface area contributed by atoms with Crippen molar-refractivity contribution < 1.29 is 4.74 Å². The Morgan fingerprint density at radius 3 is 2.51 bits per heavy atom. The molecule has 0 amide bonds. The number of hydrogen-bond donors (Lipinski definition) is 1. The average molecular weight is 532 g/mol. The number of nitriles is 1. The van der Waals surface area contributed by atoms with Gasteiger partial charge < -0.3 is 19.6 Å². The number of nitrogens with two attached hydrogens (primary N) is 1. The Kier molecular flexibility index (Phi) is 7.26. The lowest BCUT2D eigenvalue weighted by Gasteiger charge is -2.13. The Hall–Kier alpha value is -3.67. The monoisotopic (exact) mass is 531 g/mol. The van der Waals surface area contributed by atoms with Crippen molar-refractivity contribution in [3.05, 3.63) is 98.4 Å². The van der Waals surface area contributed by atoms with Crippen molar-refractivity contribution in [2.45, 2.75) is 13.1 Å². The summed E-state index contributed by atoms with van der Waals surface area (Å²) in [4.78, 5) is 18.6. The molecule has 0 saturated heterocycles. The van der Waals surface area contributed by atoms with Gasteiger partial charge in [-0.3, -0.25) is 4.79 Å². The molecule has 186 valence electrons. The summed E-state index contributed by atoms with van der Waals surface area (Å²) >= 11 is 12.6. The third-order valence-electron chi connectivity index (χ3n) is 6.19. The molecule has 0 spiro atoms. The first-order valence-electron chi connectivity index (χ1n) is 11.7. The smallest absolute Gasteiger partial charge is 0.277 e. The van der Waals surface area contributed by atoms with Crippen molar-refractivity contribution >= 4 is 45.1 Å². The third kappa shape index (κ3) is 4.97.